The summed E-state index contributed by atoms with van der Waals surface area (Å²) in [6.07, 6.45) is 3.53. The largest absolute Gasteiger partial charge is 0.399 e. The van der Waals surface area contributed by atoms with Gasteiger partial charge in [-0.2, -0.15) is 5.10 Å². The molecule has 0 saturated carbocycles. The van der Waals surface area contributed by atoms with Crippen LogP contribution in [0.1, 0.15) is 0 Å². The Morgan fingerprint density at radius 3 is 2.65 bits per heavy atom. The number of hydrogen-bond donors (Lipinski definition) is 2. The maximum Gasteiger partial charge on any atom is 0.234 e. The predicted octanol–water partition coefficient (Wildman–Crippen LogP) is 3.04. The fraction of sp³-hybridized carbons (Fsp3) is 0.167. The molecule has 0 aliphatic rings. The van der Waals surface area contributed by atoms with Crippen LogP contribution in [0.25, 0.3) is 0 Å². The van der Waals surface area contributed by atoms with Crippen LogP contribution in [0, 0.1) is 0 Å². The maximum atomic E-state index is 11.9. The molecule has 0 fully saturated rings. The molecule has 2 aromatic rings. The van der Waals surface area contributed by atoms with Crippen molar-refractivity contribution in [2.75, 3.05) is 16.8 Å². The number of nitrogen functional groups attached to an aromatic ring is 1. The Morgan fingerprint density at radius 1 is 1.45 bits per heavy atom. The van der Waals surface area contributed by atoms with Crippen LogP contribution in [0.4, 0.5) is 11.4 Å². The van der Waals surface area contributed by atoms with E-state index in [9.17, 15) is 4.79 Å². The monoisotopic (exact) mass is 330 g/mol. The van der Waals surface area contributed by atoms with Crippen LogP contribution >= 0.6 is 35.0 Å². The van der Waals surface area contributed by atoms with Gasteiger partial charge in [0.2, 0.25) is 5.91 Å². The molecular weight excluding hydrogens is 319 g/mol. The van der Waals surface area contributed by atoms with E-state index < -0.39 is 0 Å². The molecule has 0 unspecified atom stereocenters. The average Bonchev–Trinajstić information content (AvgIpc) is 2.77. The minimum absolute atomic E-state index is 0.201. The zero-order chi connectivity index (χ0) is 14.7. The number of thioether (sulfide) groups is 1. The van der Waals surface area contributed by atoms with E-state index in [1.807, 2.05) is 13.2 Å². The highest BCUT2D eigenvalue weighted by molar-refractivity contribution is 8.00. The fourth-order valence-corrected chi connectivity index (χ4v) is 2.83. The summed E-state index contributed by atoms with van der Waals surface area (Å²) >= 11 is 13.4. The molecule has 5 nitrogen and oxygen atoms in total. The number of nitrogens with zero attached hydrogens (tertiary/aromatic N) is 2. The van der Waals surface area contributed by atoms with Gasteiger partial charge in [0, 0.05) is 23.8 Å². The molecule has 1 amide bonds. The SMILES string of the molecule is Cn1cc(SCC(=O)Nc2c(Cl)cc(N)cc2Cl)cn1. The molecular formula is C12H12Cl2N4OS. The molecule has 0 saturated heterocycles. The van der Waals surface area contributed by atoms with Gasteiger partial charge in [-0.25, -0.2) is 0 Å². The van der Waals surface area contributed by atoms with E-state index in [1.165, 1.54) is 23.9 Å². The Bertz CT molecular complexity index is 621. The predicted molar refractivity (Wildman–Crippen MR) is 83.4 cm³/mol. The first-order valence-electron chi connectivity index (χ1n) is 5.61. The van der Waals surface area contributed by atoms with Crippen LogP contribution in [0.3, 0.4) is 0 Å². The molecule has 2 rings (SSSR count). The van der Waals surface area contributed by atoms with Gasteiger partial charge in [0.15, 0.2) is 0 Å². The molecule has 106 valence electrons. The number of hydrogen-bond acceptors (Lipinski definition) is 4. The van der Waals surface area contributed by atoms with E-state index in [0.29, 0.717) is 21.4 Å². The number of anilines is 2. The number of halogens is 2. The number of benzene rings is 1. The standard InChI is InChI=1S/C12H12Cl2N4OS/c1-18-5-8(4-16-18)20-6-11(19)17-12-9(13)2-7(15)3-10(12)14/h2-5H,6,15H2,1H3,(H,17,19). The van der Waals surface area contributed by atoms with Gasteiger partial charge >= 0.3 is 0 Å². The Labute approximate surface area is 130 Å². The van der Waals surface area contributed by atoms with Crippen LogP contribution in [-0.4, -0.2) is 21.4 Å². The lowest BCUT2D eigenvalue weighted by molar-refractivity contribution is -0.113. The van der Waals surface area contributed by atoms with Crippen LogP contribution < -0.4 is 11.1 Å². The van der Waals surface area contributed by atoms with Gasteiger partial charge < -0.3 is 11.1 Å². The van der Waals surface area contributed by atoms with E-state index in [2.05, 4.69) is 10.4 Å². The van der Waals surface area contributed by atoms with Gasteiger partial charge in [0.1, 0.15) is 0 Å². The Kier molecular flexibility index (Phi) is 4.80. The molecule has 3 N–H and O–H groups in total. The van der Waals surface area contributed by atoms with Crippen molar-refractivity contribution in [1.29, 1.82) is 0 Å². The summed E-state index contributed by atoms with van der Waals surface area (Å²) in [5, 5.41) is 7.33. The highest BCUT2D eigenvalue weighted by atomic mass is 35.5. The molecule has 0 spiro atoms. The Balaban J connectivity index is 1.98. The summed E-state index contributed by atoms with van der Waals surface area (Å²) in [4.78, 5) is 12.8. The summed E-state index contributed by atoms with van der Waals surface area (Å²) in [5.41, 5.74) is 6.42. The topological polar surface area (TPSA) is 72.9 Å². The van der Waals surface area contributed by atoms with E-state index in [4.69, 9.17) is 28.9 Å². The fourth-order valence-electron chi connectivity index (χ4n) is 1.51. The van der Waals surface area contributed by atoms with Crippen molar-refractivity contribution < 1.29 is 4.79 Å². The molecule has 0 atom stereocenters. The second-order valence-electron chi connectivity index (χ2n) is 4.05. The van der Waals surface area contributed by atoms with E-state index in [0.717, 1.165) is 4.90 Å². The highest BCUT2D eigenvalue weighted by Crippen LogP contribution is 2.33. The molecule has 1 heterocycles. The van der Waals surface area contributed by atoms with Gasteiger partial charge in [0.05, 0.1) is 27.7 Å². The molecule has 0 aliphatic heterocycles. The number of aromatic nitrogens is 2. The van der Waals surface area contributed by atoms with Crippen molar-refractivity contribution in [1.82, 2.24) is 9.78 Å². The number of aryl methyl sites for hydroxylation is 1. The first-order chi connectivity index (χ1) is 9.45. The number of carbonyl (C=O) groups excluding carboxylic acids is 1. The lowest BCUT2D eigenvalue weighted by Gasteiger charge is -2.09. The van der Waals surface area contributed by atoms with E-state index >= 15 is 0 Å². The van der Waals surface area contributed by atoms with Crippen LogP contribution in [0.2, 0.25) is 10.0 Å². The zero-order valence-electron chi connectivity index (χ0n) is 10.6. The van der Waals surface area contributed by atoms with Crippen LogP contribution in [0.5, 0.6) is 0 Å². The number of carbonyl (C=O) groups is 1. The lowest BCUT2D eigenvalue weighted by atomic mass is 10.3. The van der Waals surface area contributed by atoms with E-state index in [-0.39, 0.29) is 11.7 Å². The van der Waals surface area contributed by atoms with Crippen molar-refractivity contribution >= 4 is 52.2 Å². The first-order valence-corrected chi connectivity index (χ1v) is 7.35. The minimum Gasteiger partial charge on any atom is -0.399 e. The molecule has 20 heavy (non-hydrogen) atoms. The van der Waals surface area contributed by atoms with Crippen molar-refractivity contribution in [3.05, 3.63) is 34.6 Å². The van der Waals surface area contributed by atoms with Crippen molar-refractivity contribution in [3.63, 3.8) is 0 Å². The highest BCUT2D eigenvalue weighted by Gasteiger charge is 2.11. The molecule has 1 aromatic heterocycles. The zero-order valence-corrected chi connectivity index (χ0v) is 12.9. The number of nitrogens with one attached hydrogen (secondary N) is 1. The van der Waals surface area contributed by atoms with Gasteiger partial charge in [-0.3, -0.25) is 9.48 Å². The number of rotatable bonds is 4. The molecule has 0 aliphatic carbocycles. The summed E-state index contributed by atoms with van der Waals surface area (Å²) in [7, 11) is 1.82. The van der Waals surface area contributed by atoms with Crippen molar-refractivity contribution in [2.24, 2.45) is 7.05 Å². The maximum absolute atomic E-state index is 11.9. The Hall–Kier alpha value is -1.37. The summed E-state index contributed by atoms with van der Waals surface area (Å²) < 4.78 is 1.67. The summed E-state index contributed by atoms with van der Waals surface area (Å²) in [6.45, 7) is 0. The van der Waals surface area contributed by atoms with E-state index in [1.54, 1.807) is 10.9 Å². The third-order valence-electron chi connectivity index (χ3n) is 2.38. The third-order valence-corrected chi connectivity index (χ3v) is 3.93. The van der Waals surface area contributed by atoms with Gasteiger partial charge in [-0.1, -0.05) is 23.2 Å². The quantitative estimate of drug-likeness (QED) is 0.667. The third kappa shape index (κ3) is 3.82. The second-order valence-corrected chi connectivity index (χ2v) is 5.91. The van der Waals surface area contributed by atoms with Gasteiger partial charge in [-0.15, -0.1) is 11.8 Å². The Morgan fingerprint density at radius 2 is 2.10 bits per heavy atom. The average molecular weight is 331 g/mol. The van der Waals surface area contributed by atoms with Crippen LogP contribution in [-0.2, 0) is 11.8 Å². The van der Waals surface area contributed by atoms with Gasteiger partial charge in [-0.05, 0) is 12.1 Å². The number of nitrogens with two attached hydrogens (primary N) is 1. The minimum atomic E-state index is -0.201. The summed E-state index contributed by atoms with van der Waals surface area (Å²) in [5.74, 6) is 0.0374. The second kappa shape index (κ2) is 6.39. The molecule has 1 aromatic carbocycles. The molecule has 0 radical (unpaired) electrons. The lowest BCUT2D eigenvalue weighted by Crippen LogP contribution is -2.14. The number of amides is 1. The first kappa shape index (κ1) is 15.0. The van der Waals surface area contributed by atoms with Crippen LogP contribution in [0.15, 0.2) is 29.4 Å². The van der Waals surface area contributed by atoms with Crippen molar-refractivity contribution in [3.8, 4) is 0 Å². The molecule has 8 heteroatoms. The molecule has 0 bridgehead atoms. The van der Waals surface area contributed by atoms with Gasteiger partial charge in [0.25, 0.3) is 0 Å². The smallest absolute Gasteiger partial charge is 0.234 e. The normalized spacial score (nSPS) is 10.6. The van der Waals surface area contributed by atoms with Crippen molar-refractivity contribution in [2.45, 2.75) is 4.90 Å². The summed E-state index contributed by atoms with van der Waals surface area (Å²) in [6, 6.07) is 3.08.